The van der Waals surface area contributed by atoms with E-state index in [2.05, 4.69) is 0 Å². The summed E-state index contributed by atoms with van der Waals surface area (Å²) in [5.74, 6) is 0.136. The SMILES string of the molecule is Cc1cc(OCCc2ccccc2)cc(C)c1C(O)(C(F)(F)F)C(F)(F)F. The Morgan fingerprint density at radius 1 is 0.852 bits per heavy atom. The number of aliphatic hydroxyl groups is 1. The van der Waals surface area contributed by atoms with Crippen molar-refractivity contribution in [3.63, 3.8) is 0 Å². The minimum atomic E-state index is -5.92. The molecule has 1 N–H and O–H groups in total. The zero-order valence-corrected chi connectivity index (χ0v) is 14.6. The highest BCUT2D eigenvalue weighted by Gasteiger charge is 2.72. The second-order valence-electron chi connectivity index (χ2n) is 6.22. The molecule has 0 aliphatic heterocycles. The number of aryl methyl sites for hydroxylation is 2. The Balaban J connectivity index is 2.30. The maximum atomic E-state index is 13.1. The van der Waals surface area contributed by atoms with E-state index in [1.165, 1.54) is 0 Å². The molecule has 2 rings (SSSR count). The van der Waals surface area contributed by atoms with Crippen molar-refractivity contribution in [2.24, 2.45) is 0 Å². The fourth-order valence-electron chi connectivity index (χ4n) is 2.95. The van der Waals surface area contributed by atoms with E-state index in [9.17, 15) is 31.4 Å². The highest BCUT2D eigenvalue weighted by atomic mass is 19.4. The van der Waals surface area contributed by atoms with Crippen molar-refractivity contribution < 1.29 is 36.2 Å². The molecule has 0 aromatic heterocycles. The molecule has 0 saturated heterocycles. The van der Waals surface area contributed by atoms with Crippen molar-refractivity contribution >= 4 is 0 Å². The van der Waals surface area contributed by atoms with E-state index in [4.69, 9.17) is 4.74 Å². The zero-order chi connectivity index (χ0) is 20.5. The lowest BCUT2D eigenvalue weighted by molar-refractivity contribution is -0.376. The third-order valence-corrected chi connectivity index (χ3v) is 4.19. The Kier molecular flexibility index (Phi) is 5.79. The molecule has 0 aliphatic carbocycles. The lowest BCUT2D eigenvalue weighted by Gasteiger charge is -2.35. The van der Waals surface area contributed by atoms with E-state index >= 15 is 0 Å². The fraction of sp³-hybridized carbons (Fsp3) is 0.368. The number of rotatable bonds is 5. The number of halogens is 6. The topological polar surface area (TPSA) is 29.5 Å². The molecule has 0 saturated carbocycles. The van der Waals surface area contributed by atoms with E-state index in [1.807, 2.05) is 30.3 Å². The second-order valence-corrected chi connectivity index (χ2v) is 6.22. The molecule has 0 unspecified atom stereocenters. The smallest absolute Gasteiger partial charge is 0.430 e. The van der Waals surface area contributed by atoms with E-state index < -0.39 is 23.5 Å². The van der Waals surface area contributed by atoms with Crippen LogP contribution in [0.3, 0.4) is 0 Å². The van der Waals surface area contributed by atoms with Crippen LogP contribution >= 0.6 is 0 Å². The maximum absolute atomic E-state index is 13.1. The van der Waals surface area contributed by atoms with Gasteiger partial charge < -0.3 is 9.84 Å². The number of hydrogen-bond donors (Lipinski definition) is 1. The number of hydrogen-bond acceptors (Lipinski definition) is 2. The molecule has 0 spiro atoms. The first-order chi connectivity index (χ1) is 12.4. The summed E-state index contributed by atoms with van der Waals surface area (Å²) < 4.78 is 84.3. The molecule has 0 fully saturated rings. The van der Waals surface area contributed by atoms with Gasteiger partial charge in [-0.05, 0) is 42.7 Å². The Morgan fingerprint density at radius 3 is 1.78 bits per heavy atom. The summed E-state index contributed by atoms with van der Waals surface area (Å²) in [6, 6.07) is 11.4. The molecule has 0 bridgehead atoms. The number of benzene rings is 2. The maximum Gasteiger partial charge on any atom is 0.430 e. The molecular weight excluding hydrogens is 374 g/mol. The van der Waals surface area contributed by atoms with Crippen LogP contribution in [0.25, 0.3) is 0 Å². The summed E-state index contributed by atoms with van der Waals surface area (Å²) in [6.07, 6.45) is -11.3. The summed E-state index contributed by atoms with van der Waals surface area (Å²) in [6.45, 7) is 2.36. The van der Waals surface area contributed by atoms with Crippen molar-refractivity contribution in [2.45, 2.75) is 38.2 Å². The van der Waals surface area contributed by atoms with Gasteiger partial charge in [0.1, 0.15) is 5.75 Å². The predicted octanol–water partition coefficient (Wildman–Crippen LogP) is 5.24. The van der Waals surface area contributed by atoms with Crippen LogP contribution in [-0.4, -0.2) is 24.1 Å². The van der Waals surface area contributed by atoms with Gasteiger partial charge >= 0.3 is 12.4 Å². The van der Waals surface area contributed by atoms with Gasteiger partial charge in [0.15, 0.2) is 0 Å². The Morgan fingerprint density at radius 2 is 1.33 bits per heavy atom. The average Bonchev–Trinajstić information content (AvgIpc) is 2.53. The first kappa shape index (κ1) is 21.1. The highest BCUT2D eigenvalue weighted by Crippen LogP contribution is 2.52. The normalized spacial score (nSPS) is 12.9. The molecule has 2 aromatic carbocycles. The third-order valence-electron chi connectivity index (χ3n) is 4.19. The number of ether oxygens (including phenoxy) is 1. The molecule has 0 heterocycles. The molecule has 0 aliphatic rings. The highest BCUT2D eigenvalue weighted by molar-refractivity contribution is 5.46. The summed E-state index contributed by atoms with van der Waals surface area (Å²) in [7, 11) is 0. The zero-order valence-electron chi connectivity index (χ0n) is 14.6. The van der Waals surface area contributed by atoms with Gasteiger partial charge in [-0.2, -0.15) is 26.3 Å². The summed E-state index contributed by atoms with van der Waals surface area (Å²) >= 11 is 0. The second kappa shape index (κ2) is 7.42. The molecule has 27 heavy (non-hydrogen) atoms. The predicted molar refractivity (Wildman–Crippen MR) is 87.6 cm³/mol. The summed E-state index contributed by atoms with van der Waals surface area (Å²) in [4.78, 5) is 0. The monoisotopic (exact) mass is 392 g/mol. The van der Waals surface area contributed by atoms with Crippen LogP contribution in [0.2, 0.25) is 0 Å². The van der Waals surface area contributed by atoms with Crippen LogP contribution in [0.15, 0.2) is 42.5 Å². The first-order valence-corrected chi connectivity index (χ1v) is 8.02. The molecule has 0 radical (unpaired) electrons. The largest absolute Gasteiger partial charge is 0.493 e. The number of alkyl halides is 6. The van der Waals surface area contributed by atoms with Gasteiger partial charge in [0, 0.05) is 12.0 Å². The van der Waals surface area contributed by atoms with Crippen molar-refractivity contribution in [1.29, 1.82) is 0 Å². The summed E-state index contributed by atoms with van der Waals surface area (Å²) in [5.41, 5.74) is -5.91. The van der Waals surface area contributed by atoms with Crippen LogP contribution in [0, 0.1) is 13.8 Å². The molecule has 2 aromatic rings. The van der Waals surface area contributed by atoms with Gasteiger partial charge in [0.05, 0.1) is 6.61 Å². The van der Waals surface area contributed by atoms with E-state index in [1.54, 1.807) is 0 Å². The lowest BCUT2D eigenvalue weighted by atomic mass is 9.85. The third kappa shape index (κ3) is 4.21. The van der Waals surface area contributed by atoms with Gasteiger partial charge in [-0.25, -0.2) is 0 Å². The van der Waals surface area contributed by atoms with E-state index in [0.29, 0.717) is 6.42 Å². The van der Waals surface area contributed by atoms with Gasteiger partial charge in [-0.1, -0.05) is 30.3 Å². The van der Waals surface area contributed by atoms with Gasteiger partial charge in [0.2, 0.25) is 0 Å². The Hall–Kier alpha value is -2.22. The first-order valence-electron chi connectivity index (χ1n) is 8.02. The molecule has 148 valence electrons. The average molecular weight is 392 g/mol. The quantitative estimate of drug-likeness (QED) is 0.706. The van der Waals surface area contributed by atoms with Crippen molar-refractivity contribution in [2.75, 3.05) is 6.61 Å². The van der Waals surface area contributed by atoms with Crippen molar-refractivity contribution in [3.8, 4) is 5.75 Å². The Bertz CT molecular complexity index is 744. The van der Waals surface area contributed by atoms with Crippen LogP contribution < -0.4 is 4.74 Å². The molecule has 8 heteroatoms. The minimum absolute atomic E-state index is 0.136. The van der Waals surface area contributed by atoms with Gasteiger partial charge in [-0.3, -0.25) is 0 Å². The van der Waals surface area contributed by atoms with E-state index in [0.717, 1.165) is 31.5 Å². The molecule has 0 atom stereocenters. The van der Waals surface area contributed by atoms with Crippen LogP contribution in [0.1, 0.15) is 22.3 Å². The van der Waals surface area contributed by atoms with Crippen molar-refractivity contribution in [3.05, 3.63) is 64.7 Å². The standard InChI is InChI=1S/C19H18F6O2/c1-12-10-15(27-9-8-14-6-4-3-5-7-14)11-13(2)16(12)17(26,18(20,21)22)19(23,24)25/h3-7,10-11,26H,8-9H2,1-2H3. The van der Waals surface area contributed by atoms with Gasteiger partial charge in [-0.15, -0.1) is 0 Å². The molecular formula is C19H18F6O2. The summed E-state index contributed by atoms with van der Waals surface area (Å²) in [5, 5.41) is 9.64. The fourth-order valence-corrected chi connectivity index (χ4v) is 2.95. The van der Waals surface area contributed by atoms with E-state index in [-0.39, 0.29) is 23.5 Å². The molecule has 2 nitrogen and oxygen atoms in total. The Labute approximate surface area is 152 Å². The van der Waals surface area contributed by atoms with Crippen molar-refractivity contribution in [1.82, 2.24) is 0 Å². The van der Waals surface area contributed by atoms with Crippen LogP contribution in [0.5, 0.6) is 5.75 Å². The lowest BCUT2D eigenvalue weighted by Crippen LogP contribution is -2.54. The molecule has 0 amide bonds. The van der Waals surface area contributed by atoms with Crippen LogP contribution in [-0.2, 0) is 12.0 Å². The van der Waals surface area contributed by atoms with Gasteiger partial charge in [0.25, 0.3) is 5.60 Å². The van der Waals surface area contributed by atoms with Crippen LogP contribution in [0.4, 0.5) is 26.3 Å². The minimum Gasteiger partial charge on any atom is -0.493 e.